The standard InChI is InChI=1S/C15H10ClF3N2O2/c16-11-2-1-3-12(18)10(11)8-23-20-7-15(22)21-14-5-4-9(17)6-13(14)19/h1-7H,8H2,(H,21,22)/b20-7+. The van der Waals surface area contributed by atoms with E-state index in [2.05, 4.69) is 10.5 Å². The molecule has 0 radical (unpaired) electrons. The van der Waals surface area contributed by atoms with Gasteiger partial charge in [0.15, 0.2) is 0 Å². The summed E-state index contributed by atoms with van der Waals surface area (Å²) in [6.07, 6.45) is 0.734. The molecule has 2 aromatic rings. The molecule has 120 valence electrons. The van der Waals surface area contributed by atoms with Crippen molar-refractivity contribution in [2.75, 3.05) is 5.32 Å². The van der Waals surface area contributed by atoms with Crippen molar-refractivity contribution in [2.45, 2.75) is 6.61 Å². The van der Waals surface area contributed by atoms with E-state index >= 15 is 0 Å². The number of carbonyl (C=O) groups is 1. The van der Waals surface area contributed by atoms with Crippen LogP contribution in [0, 0.1) is 17.5 Å². The second-order valence-corrected chi connectivity index (χ2v) is 4.73. The van der Waals surface area contributed by atoms with Crippen LogP contribution in [-0.4, -0.2) is 12.1 Å². The largest absolute Gasteiger partial charge is 0.391 e. The molecular formula is C15H10ClF3N2O2. The quantitative estimate of drug-likeness (QED) is 0.662. The number of hydrogen-bond acceptors (Lipinski definition) is 3. The molecule has 1 N–H and O–H groups in total. The second-order valence-electron chi connectivity index (χ2n) is 4.32. The van der Waals surface area contributed by atoms with Gasteiger partial charge in [0.1, 0.15) is 30.3 Å². The van der Waals surface area contributed by atoms with Crippen LogP contribution in [0.2, 0.25) is 5.02 Å². The molecule has 0 saturated carbocycles. The van der Waals surface area contributed by atoms with Crippen molar-refractivity contribution in [3.05, 3.63) is 64.4 Å². The number of halogens is 4. The van der Waals surface area contributed by atoms with Crippen molar-refractivity contribution in [2.24, 2.45) is 5.16 Å². The van der Waals surface area contributed by atoms with Crippen LogP contribution in [0.4, 0.5) is 18.9 Å². The number of anilines is 1. The van der Waals surface area contributed by atoms with Gasteiger partial charge >= 0.3 is 0 Å². The van der Waals surface area contributed by atoms with E-state index in [-0.39, 0.29) is 22.9 Å². The summed E-state index contributed by atoms with van der Waals surface area (Å²) in [5.74, 6) is -3.05. The van der Waals surface area contributed by atoms with Crippen LogP contribution in [0.1, 0.15) is 5.56 Å². The maximum atomic E-state index is 13.4. The van der Waals surface area contributed by atoms with Crippen molar-refractivity contribution < 1.29 is 22.8 Å². The molecule has 2 rings (SSSR count). The maximum Gasteiger partial charge on any atom is 0.270 e. The lowest BCUT2D eigenvalue weighted by Crippen LogP contribution is -2.14. The summed E-state index contributed by atoms with van der Waals surface area (Å²) in [4.78, 5) is 16.3. The van der Waals surface area contributed by atoms with Gasteiger partial charge in [0, 0.05) is 11.6 Å². The zero-order chi connectivity index (χ0) is 16.8. The van der Waals surface area contributed by atoms with Gasteiger partial charge in [-0.2, -0.15) is 0 Å². The first-order valence-corrected chi connectivity index (χ1v) is 6.69. The molecule has 0 aliphatic rings. The van der Waals surface area contributed by atoms with Gasteiger partial charge < -0.3 is 10.2 Å². The minimum absolute atomic E-state index is 0.0938. The number of amides is 1. The van der Waals surface area contributed by atoms with Crippen LogP contribution >= 0.6 is 11.6 Å². The van der Waals surface area contributed by atoms with Gasteiger partial charge in [0.25, 0.3) is 5.91 Å². The monoisotopic (exact) mass is 342 g/mol. The van der Waals surface area contributed by atoms with E-state index in [4.69, 9.17) is 16.4 Å². The van der Waals surface area contributed by atoms with E-state index in [1.807, 2.05) is 0 Å². The molecule has 0 aromatic heterocycles. The van der Waals surface area contributed by atoms with E-state index in [0.717, 1.165) is 18.3 Å². The molecule has 0 aliphatic carbocycles. The van der Waals surface area contributed by atoms with Gasteiger partial charge in [-0.25, -0.2) is 13.2 Å². The molecule has 0 heterocycles. The highest BCUT2D eigenvalue weighted by molar-refractivity contribution is 6.31. The number of oxime groups is 1. The van der Waals surface area contributed by atoms with Crippen molar-refractivity contribution in [1.29, 1.82) is 0 Å². The molecule has 4 nitrogen and oxygen atoms in total. The summed E-state index contributed by atoms with van der Waals surface area (Å²) >= 11 is 5.79. The summed E-state index contributed by atoms with van der Waals surface area (Å²) in [7, 11) is 0. The van der Waals surface area contributed by atoms with Gasteiger partial charge in [-0.15, -0.1) is 0 Å². The molecule has 0 bridgehead atoms. The fourth-order valence-corrected chi connectivity index (χ4v) is 1.83. The average Bonchev–Trinajstić information content (AvgIpc) is 2.49. The van der Waals surface area contributed by atoms with Crippen molar-refractivity contribution in [3.8, 4) is 0 Å². The van der Waals surface area contributed by atoms with Crippen molar-refractivity contribution >= 4 is 29.4 Å². The Labute approximate surface area is 134 Å². The third kappa shape index (κ3) is 4.72. The van der Waals surface area contributed by atoms with Gasteiger partial charge in [-0.05, 0) is 24.3 Å². The smallest absolute Gasteiger partial charge is 0.270 e. The molecule has 0 atom stereocenters. The molecule has 0 saturated heterocycles. The van der Waals surface area contributed by atoms with Gasteiger partial charge in [0.05, 0.1) is 10.7 Å². The molecule has 0 aliphatic heterocycles. The normalized spacial score (nSPS) is 10.8. The van der Waals surface area contributed by atoms with E-state index in [9.17, 15) is 18.0 Å². The summed E-state index contributed by atoms with van der Waals surface area (Å²) < 4.78 is 39.5. The van der Waals surface area contributed by atoms with Gasteiger partial charge in [-0.3, -0.25) is 4.79 Å². The molecule has 2 aromatic carbocycles. The van der Waals surface area contributed by atoms with E-state index in [0.29, 0.717) is 6.07 Å². The zero-order valence-electron chi connectivity index (χ0n) is 11.5. The lowest BCUT2D eigenvalue weighted by atomic mass is 10.2. The summed E-state index contributed by atoms with van der Waals surface area (Å²) in [6, 6.07) is 6.82. The molecule has 23 heavy (non-hydrogen) atoms. The van der Waals surface area contributed by atoms with Crippen molar-refractivity contribution in [1.82, 2.24) is 0 Å². The molecular weight excluding hydrogens is 333 g/mol. The van der Waals surface area contributed by atoms with Crippen molar-refractivity contribution in [3.63, 3.8) is 0 Å². The van der Waals surface area contributed by atoms with Gasteiger partial charge in [-0.1, -0.05) is 22.8 Å². The second kappa shape index (κ2) is 7.64. The van der Waals surface area contributed by atoms with Crippen LogP contribution in [-0.2, 0) is 16.2 Å². The Bertz CT molecular complexity index is 733. The predicted molar refractivity (Wildman–Crippen MR) is 79.7 cm³/mol. The molecule has 1 amide bonds. The Morgan fingerprint density at radius 2 is 2.00 bits per heavy atom. The lowest BCUT2D eigenvalue weighted by Gasteiger charge is -2.04. The first kappa shape index (κ1) is 16.8. The molecule has 0 unspecified atom stereocenters. The number of nitrogens with zero attached hydrogens (tertiary/aromatic N) is 1. The zero-order valence-corrected chi connectivity index (χ0v) is 12.3. The topological polar surface area (TPSA) is 50.7 Å². The third-order valence-corrected chi connectivity index (χ3v) is 3.06. The third-order valence-electron chi connectivity index (χ3n) is 2.70. The summed E-state index contributed by atoms with van der Waals surface area (Å²) in [6.45, 7) is -0.278. The van der Waals surface area contributed by atoms with E-state index < -0.39 is 23.4 Å². The van der Waals surface area contributed by atoms with Crippen LogP contribution in [0.5, 0.6) is 0 Å². The number of hydrogen-bond donors (Lipinski definition) is 1. The van der Waals surface area contributed by atoms with Crippen LogP contribution in [0.3, 0.4) is 0 Å². The lowest BCUT2D eigenvalue weighted by molar-refractivity contribution is -0.110. The number of carbonyl (C=O) groups excluding carboxylic acids is 1. The minimum Gasteiger partial charge on any atom is -0.391 e. The Balaban J connectivity index is 1.89. The van der Waals surface area contributed by atoms with Crippen LogP contribution in [0.25, 0.3) is 0 Å². The Kier molecular flexibility index (Phi) is 5.59. The Morgan fingerprint density at radius 3 is 2.70 bits per heavy atom. The first-order valence-electron chi connectivity index (χ1n) is 6.31. The fourth-order valence-electron chi connectivity index (χ4n) is 1.61. The highest BCUT2D eigenvalue weighted by Crippen LogP contribution is 2.19. The van der Waals surface area contributed by atoms with E-state index in [1.165, 1.54) is 18.2 Å². The van der Waals surface area contributed by atoms with Crippen LogP contribution in [0.15, 0.2) is 41.6 Å². The molecule has 0 fully saturated rings. The highest BCUT2D eigenvalue weighted by Gasteiger charge is 2.08. The molecule has 8 heteroatoms. The average molecular weight is 343 g/mol. The van der Waals surface area contributed by atoms with E-state index in [1.54, 1.807) is 0 Å². The first-order chi connectivity index (χ1) is 11.0. The number of nitrogens with one attached hydrogen (secondary N) is 1. The highest BCUT2D eigenvalue weighted by atomic mass is 35.5. The SMILES string of the molecule is O=C(/C=N/OCc1c(F)cccc1Cl)Nc1ccc(F)cc1F. The Morgan fingerprint density at radius 1 is 1.22 bits per heavy atom. The summed E-state index contributed by atoms with van der Waals surface area (Å²) in [5, 5.41) is 5.65. The van der Waals surface area contributed by atoms with Gasteiger partial charge in [0.2, 0.25) is 0 Å². The number of benzene rings is 2. The number of rotatable bonds is 5. The predicted octanol–water partition coefficient (Wildman–Crippen LogP) is 3.90. The summed E-state index contributed by atoms with van der Waals surface area (Å²) in [5.41, 5.74) is -0.115. The minimum atomic E-state index is -0.925. The fraction of sp³-hybridized carbons (Fsp3) is 0.0667. The maximum absolute atomic E-state index is 13.4. The van der Waals surface area contributed by atoms with Crippen LogP contribution < -0.4 is 5.32 Å². The molecule has 0 spiro atoms. The Hall–Kier alpha value is -2.54.